The zero-order chi connectivity index (χ0) is 19.1. The molecule has 1 saturated heterocycles. The molecule has 1 saturated carbocycles. The number of hydrogen-bond donors (Lipinski definition) is 0. The molecule has 0 atom stereocenters. The first-order chi connectivity index (χ1) is 13.2. The molecule has 0 radical (unpaired) electrons. The van der Waals surface area contributed by atoms with Crippen molar-refractivity contribution in [3.63, 3.8) is 0 Å². The highest BCUT2D eigenvalue weighted by atomic mass is 16.5. The van der Waals surface area contributed by atoms with E-state index in [9.17, 15) is 9.59 Å². The molecular formula is C22H32N2O3. The van der Waals surface area contributed by atoms with E-state index in [0.29, 0.717) is 32.0 Å². The quantitative estimate of drug-likeness (QED) is 0.797. The van der Waals surface area contributed by atoms with Crippen LogP contribution in [0.15, 0.2) is 24.3 Å². The SMILES string of the molecule is CCOc1ccc(CC(=O)N2CCCN(C(=O)C3CCCCC3)CC2)cc1. The van der Waals surface area contributed by atoms with Crippen LogP contribution in [0.5, 0.6) is 5.75 Å². The maximum atomic E-state index is 12.8. The molecule has 1 aliphatic heterocycles. The molecule has 1 aromatic rings. The molecule has 1 aromatic carbocycles. The normalized spacial score (nSPS) is 18.9. The van der Waals surface area contributed by atoms with Crippen molar-refractivity contribution in [2.45, 2.75) is 51.9 Å². The summed E-state index contributed by atoms with van der Waals surface area (Å²) in [6.07, 6.45) is 6.97. The number of amides is 2. The van der Waals surface area contributed by atoms with Crippen LogP contribution in [0.1, 0.15) is 51.0 Å². The lowest BCUT2D eigenvalue weighted by Gasteiger charge is -2.28. The Kier molecular flexibility index (Phi) is 7.13. The summed E-state index contributed by atoms with van der Waals surface area (Å²) >= 11 is 0. The van der Waals surface area contributed by atoms with Crippen molar-refractivity contribution in [1.82, 2.24) is 9.80 Å². The molecule has 0 N–H and O–H groups in total. The van der Waals surface area contributed by atoms with Crippen molar-refractivity contribution in [1.29, 1.82) is 0 Å². The number of hydrogen-bond acceptors (Lipinski definition) is 3. The Morgan fingerprint density at radius 3 is 2.30 bits per heavy atom. The molecule has 1 heterocycles. The minimum absolute atomic E-state index is 0.145. The topological polar surface area (TPSA) is 49.9 Å². The first kappa shape index (κ1) is 19.7. The Morgan fingerprint density at radius 1 is 0.926 bits per heavy atom. The second-order valence-corrected chi connectivity index (χ2v) is 7.65. The highest BCUT2D eigenvalue weighted by Gasteiger charge is 2.28. The van der Waals surface area contributed by atoms with Gasteiger partial charge in [-0.3, -0.25) is 9.59 Å². The van der Waals surface area contributed by atoms with Crippen LogP contribution in [-0.2, 0) is 16.0 Å². The molecular weight excluding hydrogens is 340 g/mol. The molecule has 2 aliphatic rings. The minimum atomic E-state index is 0.145. The number of carbonyl (C=O) groups is 2. The van der Waals surface area contributed by atoms with E-state index in [4.69, 9.17) is 4.74 Å². The van der Waals surface area contributed by atoms with Gasteiger partial charge in [0.2, 0.25) is 11.8 Å². The van der Waals surface area contributed by atoms with E-state index in [2.05, 4.69) is 0 Å². The van der Waals surface area contributed by atoms with Crippen LogP contribution in [0.2, 0.25) is 0 Å². The minimum Gasteiger partial charge on any atom is -0.494 e. The van der Waals surface area contributed by atoms with Gasteiger partial charge in [-0.05, 0) is 43.9 Å². The summed E-state index contributed by atoms with van der Waals surface area (Å²) in [6.45, 7) is 5.44. The number of benzene rings is 1. The van der Waals surface area contributed by atoms with Gasteiger partial charge in [-0.2, -0.15) is 0 Å². The highest BCUT2D eigenvalue weighted by molar-refractivity contribution is 5.80. The van der Waals surface area contributed by atoms with E-state index < -0.39 is 0 Å². The molecule has 5 nitrogen and oxygen atoms in total. The van der Waals surface area contributed by atoms with Crippen molar-refractivity contribution >= 4 is 11.8 Å². The molecule has 5 heteroatoms. The summed E-state index contributed by atoms with van der Waals surface area (Å²) in [4.78, 5) is 29.4. The van der Waals surface area contributed by atoms with Crippen LogP contribution in [0.4, 0.5) is 0 Å². The average Bonchev–Trinajstić information content (AvgIpc) is 2.96. The first-order valence-electron chi connectivity index (χ1n) is 10.5. The smallest absolute Gasteiger partial charge is 0.227 e. The molecule has 0 aromatic heterocycles. The highest BCUT2D eigenvalue weighted by Crippen LogP contribution is 2.26. The molecule has 148 valence electrons. The molecule has 2 fully saturated rings. The lowest BCUT2D eigenvalue weighted by molar-refractivity contribution is -0.137. The van der Waals surface area contributed by atoms with Crippen LogP contribution >= 0.6 is 0 Å². The van der Waals surface area contributed by atoms with Crippen molar-refractivity contribution in [3.8, 4) is 5.75 Å². The fourth-order valence-electron chi connectivity index (χ4n) is 4.15. The van der Waals surface area contributed by atoms with Gasteiger partial charge >= 0.3 is 0 Å². The van der Waals surface area contributed by atoms with Crippen molar-refractivity contribution < 1.29 is 14.3 Å². The van der Waals surface area contributed by atoms with E-state index in [1.165, 1.54) is 19.3 Å². The lowest BCUT2D eigenvalue weighted by atomic mass is 9.88. The monoisotopic (exact) mass is 372 g/mol. The summed E-state index contributed by atoms with van der Waals surface area (Å²) in [7, 11) is 0. The molecule has 27 heavy (non-hydrogen) atoms. The molecule has 3 rings (SSSR count). The third kappa shape index (κ3) is 5.47. The number of carbonyl (C=O) groups excluding carboxylic acids is 2. The molecule has 0 unspecified atom stereocenters. The zero-order valence-corrected chi connectivity index (χ0v) is 16.5. The zero-order valence-electron chi connectivity index (χ0n) is 16.5. The third-order valence-electron chi connectivity index (χ3n) is 5.70. The van der Waals surface area contributed by atoms with E-state index in [1.807, 2.05) is 41.0 Å². The van der Waals surface area contributed by atoms with Crippen molar-refractivity contribution in [3.05, 3.63) is 29.8 Å². The number of ether oxygens (including phenoxy) is 1. The van der Waals surface area contributed by atoms with E-state index in [-0.39, 0.29) is 11.8 Å². The molecule has 1 aliphatic carbocycles. The van der Waals surface area contributed by atoms with Gasteiger partial charge in [-0.1, -0.05) is 31.4 Å². The standard InChI is InChI=1S/C22H32N2O3/c1-2-27-20-11-9-18(10-12-20)17-21(25)23-13-6-14-24(16-15-23)22(26)19-7-4-3-5-8-19/h9-12,19H,2-8,13-17H2,1H3. The predicted molar refractivity (Wildman–Crippen MR) is 106 cm³/mol. The van der Waals surface area contributed by atoms with Gasteiger partial charge in [-0.15, -0.1) is 0 Å². The Balaban J connectivity index is 1.50. The van der Waals surface area contributed by atoms with Crippen LogP contribution in [0, 0.1) is 5.92 Å². The predicted octanol–water partition coefficient (Wildman–Crippen LogP) is 3.27. The van der Waals surface area contributed by atoms with Gasteiger partial charge in [0.05, 0.1) is 13.0 Å². The largest absolute Gasteiger partial charge is 0.494 e. The van der Waals surface area contributed by atoms with Gasteiger partial charge in [0.25, 0.3) is 0 Å². The van der Waals surface area contributed by atoms with Crippen molar-refractivity contribution in [2.24, 2.45) is 5.92 Å². The molecule has 0 spiro atoms. The summed E-state index contributed by atoms with van der Waals surface area (Å²) < 4.78 is 5.45. The van der Waals surface area contributed by atoms with Gasteiger partial charge in [0.15, 0.2) is 0 Å². The summed E-state index contributed by atoms with van der Waals surface area (Å²) in [5.74, 6) is 1.51. The average molecular weight is 373 g/mol. The Labute approximate surface area is 162 Å². The molecule has 0 bridgehead atoms. The van der Waals surface area contributed by atoms with Crippen molar-refractivity contribution in [2.75, 3.05) is 32.8 Å². The fraction of sp³-hybridized carbons (Fsp3) is 0.636. The Hall–Kier alpha value is -2.04. The van der Waals surface area contributed by atoms with E-state index in [0.717, 1.165) is 43.7 Å². The fourth-order valence-corrected chi connectivity index (χ4v) is 4.15. The molecule has 2 amide bonds. The van der Waals surface area contributed by atoms with Gasteiger partial charge in [0.1, 0.15) is 5.75 Å². The second kappa shape index (κ2) is 9.77. The maximum Gasteiger partial charge on any atom is 0.227 e. The number of rotatable bonds is 5. The Bertz CT molecular complexity index is 623. The Morgan fingerprint density at radius 2 is 1.59 bits per heavy atom. The second-order valence-electron chi connectivity index (χ2n) is 7.65. The van der Waals surface area contributed by atoms with Gasteiger partial charge in [0, 0.05) is 32.1 Å². The summed E-state index contributed by atoms with van der Waals surface area (Å²) in [5.41, 5.74) is 1.00. The van der Waals surface area contributed by atoms with E-state index in [1.54, 1.807) is 0 Å². The summed E-state index contributed by atoms with van der Waals surface area (Å²) in [6, 6.07) is 7.75. The first-order valence-corrected chi connectivity index (χ1v) is 10.5. The van der Waals surface area contributed by atoms with Crippen LogP contribution in [0.3, 0.4) is 0 Å². The summed E-state index contributed by atoms with van der Waals surface area (Å²) in [5, 5.41) is 0. The van der Waals surface area contributed by atoms with Gasteiger partial charge < -0.3 is 14.5 Å². The van der Waals surface area contributed by atoms with E-state index >= 15 is 0 Å². The van der Waals surface area contributed by atoms with Crippen LogP contribution in [0.25, 0.3) is 0 Å². The number of nitrogens with zero attached hydrogens (tertiary/aromatic N) is 2. The van der Waals surface area contributed by atoms with Crippen LogP contribution < -0.4 is 4.74 Å². The lowest BCUT2D eigenvalue weighted by Crippen LogP contribution is -2.40. The maximum absolute atomic E-state index is 12.8. The van der Waals surface area contributed by atoms with Gasteiger partial charge in [-0.25, -0.2) is 0 Å². The third-order valence-corrected chi connectivity index (χ3v) is 5.70. The van der Waals surface area contributed by atoms with Crippen LogP contribution in [-0.4, -0.2) is 54.4 Å².